The van der Waals surface area contributed by atoms with Gasteiger partial charge in [-0.05, 0) is 51.0 Å². The van der Waals surface area contributed by atoms with E-state index in [0.717, 1.165) is 12.0 Å². The van der Waals surface area contributed by atoms with E-state index < -0.39 is 0 Å². The SMILES string of the molecule is Cc1cc(NC(=O)N2CCN3C(=O)CCC3C2)ccc1C(=O)NC(C)C. The lowest BCUT2D eigenvalue weighted by Crippen LogP contribution is -2.54. The number of rotatable bonds is 3. The van der Waals surface area contributed by atoms with Crippen molar-refractivity contribution in [3.8, 4) is 0 Å². The molecule has 0 saturated carbocycles. The number of fused-ring (bicyclic) bond motifs is 1. The molecule has 1 atom stereocenters. The smallest absolute Gasteiger partial charge is 0.321 e. The Kier molecular flexibility index (Phi) is 5.15. The van der Waals surface area contributed by atoms with Gasteiger partial charge in [-0.1, -0.05) is 0 Å². The van der Waals surface area contributed by atoms with Gasteiger partial charge >= 0.3 is 6.03 Å². The monoisotopic (exact) mass is 358 g/mol. The number of amides is 4. The van der Waals surface area contributed by atoms with Gasteiger partial charge in [0, 0.05) is 49.4 Å². The highest BCUT2D eigenvalue weighted by Gasteiger charge is 2.36. The van der Waals surface area contributed by atoms with Gasteiger partial charge in [0.1, 0.15) is 0 Å². The summed E-state index contributed by atoms with van der Waals surface area (Å²) in [5.74, 6) is 0.0818. The zero-order chi connectivity index (χ0) is 18.8. The summed E-state index contributed by atoms with van der Waals surface area (Å²) in [6.45, 7) is 7.41. The lowest BCUT2D eigenvalue weighted by Gasteiger charge is -2.37. The van der Waals surface area contributed by atoms with Gasteiger partial charge in [0.25, 0.3) is 5.91 Å². The highest BCUT2D eigenvalue weighted by Crippen LogP contribution is 2.23. The van der Waals surface area contributed by atoms with Crippen LogP contribution in [0.3, 0.4) is 0 Å². The maximum atomic E-state index is 12.5. The third-order valence-electron chi connectivity index (χ3n) is 4.92. The Hall–Kier alpha value is -2.57. The lowest BCUT2D eigenvalue weighted by molar-refractivity contribution is -0.130. The van der Waals surface area contributed by atoms with Crippen LogP contribution in [0, 0.1) is 6.92 Å². The van der Waals surface area contributed by atoms with Crippen molar-refractivity contribution in [3.05, 3.63) is 29.3 Å². The van der Waals surface area contributed by atoms with Crippen molar-refractivity contribution < 1.29 is 14.4 Å². The first-order chi connectivity index (χ1) is 12.3. The fourth-order valence-electron chi connectivity index (χ4n) is 3.59. The highest BCUT2D eigenvalue weighted by atomic mass is 16.2. The molecule has 4 amide bonds. The number of hydrogen-bond donors (Lipinski definition) is 2. The van der Waals surface area contributed by atoms with Crippen molar-refractivity contribution in [2.45, 2.75) is 45.7 Å². The largest absolute Gasteiger partial charge is 0.350 e. The summed E-state index contributed by atoms with van der Waals surface area (Å²) < 4.78 is 0. The maximum Gasteiger partial charge on any atom is 0.321 e. The number of piperazine rings is 1. The Balaban J connectivity index is 1.62. The second kappa shape index (κ2) is 7.35. The fraction of sp³-hybridized carbons (Fsp3) is 0.526. The molecular weight excluding hydrogens is 332 g/mol. The number of nitrogens with one attached hydrogen (secondary N) is 2. The Bertz CT molecular complexity index is 731. The predicted molar refractivity (Wildman–Crippen MR) is 99.1 cm³/mol. The molecule has 1 unspecified atom stereocenters. The van der Waals surface area contributed by atoms with E-state index in [1.165, 1.54) is 0 Å². The number of aryl methyl sites for hydroxylation is 1. The molecular formula is C19H26N4O3. The molecule has 0 bridgehead atoms. The average Bonchev–Trinajstić information content (AvgIpc) is 2.95. The molecule has 0 aliphatic carbocycles. The third kappa shape index (κ3) is 3.81. The molecule has 0 aromatic heterocycles. The second-order valence-electron chi connectivity index (χ2n) is 7.31. The Morgan fingerprint density at radius 3 is 2.69 bits per heavy atom. The first-order valence-electron chi connectivity index (χ1n) is 9.12. The minimum atomic E-state index is -0.164. The van der Waals surface area contributed by atoms with Gasteiger partial charge in [0.2, 0.25) is 5.91 Å². The number of carbonyl (C=O) groups excluding carboxylic acids is 3. The van der Waals surface area contributed by atoms with Gasteiger partial charge < -0.3 is 20.4 Å². The second-order valence-corrected chi connectivity index (χ2v) is 7.31. The summed E-state index contributed by atoms with van der Waals surface area (Å²) in [4.78, 5) is 40.1. The molecule has 2 heterocycles. The minimum Gasteiger partial charge on any atom is -0.350 e. The molecule has 7 nitrogen and oxygen atoms in total. The molecule has 0 spiro atoms. The molecule has 1 aromatic rings. The first-order valence-corrected chi connectivity index (χ1v) is 9.12. The van der Waals surface area contributed by atoms with Crippen LogP contribution >= 0.6 is 0 Å². The van der Waals surface area contributed by atoms with Gasteiger partial charge in [-0.2, -0.15) is 0 Å². The number of hydrogen-bond acceptors (Lipinski definition) is 3. The minimum absolute atomic E-state index is 0.0717. The topological polar surface area (TPSA) is 81.8 Å². The van der Waals surface area contributed by atoms with Crippen LogP contribution < -0.4 is 10.6 Å². The summed E-state index contributed by atoms with van der Waals surface area (Å²) in [5, 5.41) is 5.77. The van der Waals surface area contributed by atoms with Crippen LogP contribution in [0.25, 0.3) is 0 Å². The Labute approximate surface area is 153 Å². The van der Waals surface area contributed by atoms with E-state index >= 15 is 0 Å². The number of benzene rings is 1. The zero-order valence-electron chi connectivity index (χ0n) is 15.5. The van der Waals surface area contributed by atoms with Gasteiger partial charge in [-0.15, -0.1) is 0 Å². The van der Waals surface area contributed by atoms with Crippen LogP contribution in [-0.2, 0) is 4.79 Å². The fourth-order valence-corrected chi connectivity index (χ4v) is 3.59. The molecule has 7 heteroatoms. The summed E-state index contributed by atoms with van der Waals surface area (Å²) in [5.41, 5.74) is 2.08. The Morgan fingerprint density at radius 2 is 2.00 bits per heavy atom. The first kappa shape index (κ1) is 18.2. The van der Waals surface area contributed by atoms with E-state index in [2.05, 4.69) is 10.6 Å². The van der Waals surface area contributed by atoms with Crippen LogP contribution in [0.1, 0.15) is 42.6 Å². The van der Waals surface area contributed by atoms with Crippen molar-refractivity contribution in [1.29, 1.82) is 0 Å². The summed E-state index contributed by atoms with van der Waals surface area (Å²) in [7, 11) is 0. The number of carbonyl (C=O) groups is 3. The molecule has 3 rings (SSSR count). The number of anilines is 1. The Morgan fingerprint density at radius 1 is 1.23 bits per heavy atom. The molecule has 2 N–H and O–H groups in total. The molecule has 2 fully saturated rings. The van der Waals surface area contributed by atoms with Crippen LogP contribution in [0.5, 0.6) is 0 Å². The molecule has 1 aromatic carbocycles. The van der Waals surface area contributed by atoms with Gasteiger partial charge in [0.05, 0.1) is 0 Å². The van der Waals surface area contributed by atoms with E-state index in [0.29, 0.717) is 37.3 Å². The molecule has 2 aliphatic rings. The predicted octanol–water partition coefficient (Wildman–Crippen LogP) is 1.97. The molecule has 2 saturated heterocycles. The lowest BCUT2D eigenvalue weighted by atomic mass is 10.1. The maximum absolute atomic E-state index is 12.5. The van der Waals surface area contributed by atoms with Crippen molar-refractivity contribution in [2.24, 2.45) is 0 Å². The summed E-state index contributed by atoms with van der Waals surface area (Å²) >= 11 is 0. The van der Waals surface area contributed by atoms with Crippen molar-refractivity contribution in [2.75, 3.05) is 25.0 Å². The van der Waals surface area contributed by atoms with Crippen LogP contribution in [0.4, 0.5) is 10.5 Å². The zero-order valence-corrected chi connectivity index (χ0v) is 15.5. The van der Waals surface area contributed by atoms with Gasteiger partial charge in [0.15, 0.2) is 0 Å². The quantitative estimate of drug-likeness (QED) is 0.867. The number of nitrogens with zero attached hydrogens (tertiary/aromatic N) is 2. The normalized spacial score (nSPS) is 19.5. The molecule has 2 aliphatic heterocycles. The van der Waals surface area contributed by atoms with Crippen LogP contribution in [0.2, 0.25) is 0 Å². The average molecular weight is 358 g/mol. The van der Waals surface area contributed by atoms with Gasteiger partial charge in [-0.3, -0.25) is 9.59 Å². The number of urea groups is 1. The van der Waals surface area contributed by atoms with Gasteiger partial charge in [-0.25, -0.2) is 4.79 Å². The van der Waals surface area contributed by atoms with E-state index in [4.69, 9.17) is 0 Å². The van der Waals surface area contributed by atoms with E-state index in [9.17, 15) is 14.4 Å². The molecule has 26 heavy (non-hydrogen) atoms. The standard InChI is InChI=1S/C19H26N4O3/c1-12(2)20-18(25)16-6-4-14(10-13(16)3)21-19(26)22-8-9-23-15(11-22)5-7-17(23)24/h4,6,10,12,15H,5,7-9,11H2,1-3H3,(H,20,25)(H,21,26). The highest BCUT2D eigenvalue weighted by molar-refractivity contribution is 5.97. The molecule has 140 valence electrons. The van der Waals surface area contributed by atoms with Crippen molar-refractivity contribution in [1.82, 2.24) is 15.1 Å². The van der Waals surface area contributed by atoms with Crippen molar-refractivity contribution >= 4 is 23.5 Å². The van der Waals surface area contributed by atoms with E-state index in [1.807, 2.05) is 31.7 Å². The molecule has 0 radical (unpaired) electrons. The summed E-state index contributed by atoms with van der Waals surface area (Å²) in [6, 6.07) is 5.34. The van der Waals surface area contributed by atoms with Crippen LogP contribution in [-0.4, -0.2) is 59.4 Å². The van der Waals surface area contributed by atoms with Crippen molar-refractivity contribution in [3.63, 3.8) is 0 Å². The van der Waals surface area contributed by atoms with E-state index in [-0.39, 0.29) is 29.9 Å². The van der Waals surface area contributed by atoms with E-state index in [1.54, 1.807) is 17.0 Å². The van der Waals surface area contributed by atoms with Crippen LogP contribution in [0.15, 0.2) is 18.2 Å². The summed E-state index contributed by atoms with van der Waals surface area (Å²) in [6.07, 6.45) is 1.40. The third-order valence-corrected chi connectivity index (χ3v) is 4.92.